The molecule has 1 saturated carbocycles. The van der Waals surface area contributed by atoms with E-state index in [0.717, 1.165) is 25.9 Å². The number of halogens is 2. The molecule has 2 heterocycles. The zero-order valence-corrected chi connectivity index (χ0v) is 17.3. The number of amides is 1. The van der Waals surface area contributed by atoms with Gasteiger partial charge in [0.15, 0.2) is 0 Å². The van der Waals surface area contributed by atoms with E-state index in [1.807, 2.05) is 13.8 Å². The summed E-state index contributed by atoms with van der Waals surface area (Å²) < 4.78 is 28.8. The Hall–Kier alpha value is -1.65. The van der Waals surface area contributed by atoms with Gasteiger partial charge in [-0.25, -0.2) is 8.78 Å². The Morgan fingerprint density at radius 1 is 1.14 bits per heavy atom. The summed E-state index contributed by atoms with van der Waals surface area (Å²) in [4.78, 5) is 16.4. The molecule has 28 heavy (non-hydrogen) atoms. The van der Waals surface area contributed by atoms with Gasteiger partial charge in [0, 0.05) is 43.1 Å². The number of alkyl halides is 2. The first kappa shape index (κ1) is 19.7. The molecule has 0 N–H and O–H groups in total. The highest BCUT2D eigenvalue weighted by atomic mass is 19.3. The Morgan fingerprint density at radius 2 is 1.79 bits per heavy atom. The van der Waals surface area contributed by atoms with Crippen molar-refractivity contribution in [2.24, 2.45) is 23.2 Å². The summed E-state index contributed by atoms with van der Waals surface area (Å²) in [6.45, 7) is 7.99. The molecule has 4 rings (SSSR count). The van der Waals surface area contributed by atoms with Gasteiger partial charge < -0.3 is 9.80 Å². The average Bonchev–Trinajstić information content (AvgIpc) is 2.55. The molecule has 5 heteroatoms. The fourth-order valence-corrected chi connectivity index (χ4v) is 5.64. The first-order valence-corrected chi connectivity index (χ1v) is 10.6. The molecule has 1 spiro atoms. The van der Waals surface area contributed by atoms with E-state index in [-0.39, 0.29) is 11.8 Å². The molecule has 3 fully saturated rings. The van der Waals surface area contributed by atoms with Crippen LogP contribution >= 0.6 is 0 Å². The first-order valence-electron chi connectivity index (χ1n) is 10.6. The molecule has 1 unspecified atom stereocenters. The van der Waals surface area contributed by atoms with E-state index >= 15 is 0 Å². The number of likely N-dealkylation sites (tertiary alicyclic amines) is 1. The van der Waals surface area contributed by atoms with Crippen LogP contribution in [-0.4, -0.2) is 42.9 Å². The van der Waals surface area contributed by atoms with Crippen LogP contribution in [0.3, 0.4) is 0 Å². The maximum Gasteiger partial charge on any atom is 0.268 e. The fourth-order valence-electron chi connectivity index (χ4n) is 5.64. The Balaban J connectivity index is 1.23. The zero-order chi connectivity index (χ0) is 20.1. The average molecular weight is 391 g/mol. The van der Waals surface area contributed by atoms with Gasteiger partial charge in [-0.2, -0.15) is 0 Å². The van der Waals surface area contributed by atoms with E-state index in [0.29, 0.717) is 30.7 Å². The molecule has 154 valence electrons. The second-order valence-electron chi connectivity index (χ2n) is 9.89. The number of carbonyl (C=O) groups is 1. The van der Waals surface area contributed by atoms with Crippen molar-refractivity contribution in [3.8, 4) is 0 Å². The van der Waals surface area contributed by atoms with E-state index in [4.69, 9.17) is 0 Å². The summed E-state index contributed by atoms with van der Waals surface area (Å²) >= 11 is 0. The number of hydrogen-bond donors (Lipinski definition) is 0. The summed E-state index contributed by atoms with van der Waals surface area (Å²) in [5.74, 6) is -3.12. The van der Waals surface area contributed by atoms with Crippen molar-refractivity contribution in [2.75, 3.05) is 31.1 Å². The molecule has 0 bridgehead atoms. The number of carbonyl (C=O) groups excluding carboxylic acids is 1. The van der Waals surface area contributed by atoms with E-state index in [1.54, 1.807) is 0 Å². The third-order valence-corrected chi connectivity index (χ3v) is 7.17. The Bertz CT molecular complexity index is 717. The van der Waals surface area contributed by atoms with Gasteiger partial charge in [-0.15, -0.1) is 0 Å². The van der Waals surface area contributed by atoms with Crippen LogP contribution < -0.4 is 4.90 Å². The topological polar surface area (TPSA) is 23.6 Å². The first-order chi connectivity index (χ1) is 13.2. The predicted octanol–water partition coefficient (Wildman–Crippen LogP) is 4.74. The molecule has 1 aromatic carbocycles. The lowest BCUT2D eigenvalue weighted by molar-refractivity contribution is -0.157. The van der Waals surface area contributed by atoms with Crippen molar-refractivity contribution in [1.82, 2.24) is 4.90 Å². The van der Waals surface area contributed by atoms with E-state index in [2.05, 4.69) is 36.1 Å². The van der Waals surface area contributed by atoms with Crippen LogP contribution in [-0.2, 0) is 4.79 Å². The highest BCUT2D eigenvalue weighted by Crippen LogP contribution is 2.54. The van der Waals surface area contributed by atoms with Gasteiger partial charge >= 0.3 is 0 Å². The zero-order valence-electron chi connectivity index (χ0n) is 17.3. The van der Waals surface area contributed by atoms with Crippen molar-refractivity contribution >= 4 is 11.6 Å². The minimum Gasteiger partial charge on any atom is -0.370 e. The molecule has 1 amide bonds. The molecule has 2 aliphatic heterocycles. The molecule has 1 aromatic rings. The quantitative estimate of drug-likeness (QED) is 0.741. The molecule has 0 radical (unpaired) electrons. The minimum atomic E-state index is -2.76. The van der Waals surface area contributed by atoms with Gasteiger partial charge in [-0.05, 0) is 50.2 Å². The molecule has 0 aromatic heterocycles. The fraction of sp³-hybridized carbons (Fsp3) is 0.696. The summed E-state index contributed by atoms with van der Waals surface area (Å²) in [6, 6.07) is 8.62. The number of anilines is 1. The number of rotatable bonds is 4. The van der Waals surface area contributed by atoms with E-state index in [9.17, 15) is 13.6 Å². The van der Waals surface area contributed by atoms with Gasteiger partial charge in [0.05, 0.1) is 6.54 Å². The van der Waals surface area contributed by atoms with Gasteiger partial charge in [0.2, 0.25) is 5.91 Å². The Morgan fingerprint density at radius 3 is 2.36 bits per heavy atom. The Kier molecular flexibility index (Phi) is 4.91. The standard InChI is InChI=1S/C23H32F2N2O/c1-16(2)20-8-9-26(15-23(20,24)25)21(28)10-18-11-22(12-18)13-27(14-22)19-6-4-17(3)5-7-19/h4-7,16,18,20H,8-15H2,1-3H3. The number of hydrogen-bond acceptors (Lipinski definition) is 2. The number of benzene rings is 1. The second-order valence-corrected chi connectivity index (χ2v) is 9.89. The Labute approximate surface area is 167 Å². The molecular formula is C23H32F2N2O. The molecule has 1 aliphatic carbocycles. The van der Waals surface area contributed by atoms with Gasteiger partial charge in [-0.3, -0.25) is 4.79 Å². The van der Waals surface area contributed by atoms with Gasteiger partial charge in [0.25, 0.3) is 5.92 Å². The number of nitrogens with zero attached hydrogens (tertiary/aromatic N) is 2. The van der Waals surface area contributed by atoms with Crippen molar-refractivity contribution in [3.05, 3.63) is 29.8 Å². The molecule has 1 atom stereocenters. The van der Waals surface area contributed by atoms with Gasteiger partial charge in [0.1, 0.15) is 0 Å². The molecule has 3 aliphatic rings. The largest absolute Gasteiger partial charge is 0.370 e. The summed E-state index contributed by atoms with van der Waals surface area (Å²) in [5.41, 5.74) is 2.89. The lowest BCUT2D eigenvalue weighted by Gasteiger charge is -2.60. The summed E-state index contributed by atoms with van der Waals surface area (Å²) in [5, 5.41) is 0. The summed E-state index contributed by atoms with van der Waals surface area (Å²) in [7, 11) is 0. The van der Waals surface area contributed by atoms with Crippen molar-refractivity contribution in [1.29, 1.82) is 0 Å². The van der Waals surface area contributed by atoms with Crippen LogP contribution in [0.2, 0.25) is 0 Å². The highest BCUT2D eigenvalue weighted by molar-refractivity contribution is 5.77. The maximum absolute atomic E-state index is 14.4. The minimum absolute atomic E-state index is 0.0474. The predicted molar refractivity (Wildman–Crippen MR) is 108 cm³/mol. The van der Waals surface area contributed by atoms with Crippen LogP contribution in [0.25, 0.3) is 0 Å². The molecule has 2 saturated heterocycles. The van der Waals surface area contributed by atoms with Crippen LogP contribution in [0, 0.1) is 30.1 Å². The van der Waals surface area contributed by atoms with Crippen LogP contribution in [0.5, 0.6) is 0 Å². The SMILES string of the molecule is Cc1ccc(N2CC3(CC(CC(=O)N4CCC(C(C)C)C(F)(F)C4)C3)C2)cc1. The van der Waals surface area contributed by atoms with Crippen LogP contribution in [0.4, 0.5) is 14.5 Å². The van der Waals surface area contributed by atoms with Gasteiger partial charge in [-0.1, -0.05) is 31.5 Å². The number of piperidine rings is 1. The van der Waals surface area contributed by atoms with Crippen molar-refractivity contribution in [3.63, 3.8) is 0 Å². The van der Waals surface area contributed by atoms with Crippen LogP contribution in [0.1, 0.15) is 45.1 Å². The lowest BCUT2D eigenvalue weighted by atomic mass is 9.57. The van der Waals surface area contributed by atoms with Crippen LogP contribution in [0.15, 0.2) is 24.3 Å². The van der Waals surface area contributed by atoms with Crippen molar-refractivity contribution in [2.45, 2.75) is 52.4 Å². The molecule has 3 nitrogen and oxygen atoms in total. The van der Waals surface area contributed by atoms with E-state index < -0.39 is 18.4 Å². The highest BCUT2D eigenvalue weighted by Gasteiger charge is 2.53. The normalized spacial score (nSPS) is 26.3. The monoisotopic (exact) mass is 390 g/mol. The number of aryl methyl sites for hydroxylation is 1. The lowest BCUT2D eigenvalue weighted by Crippen LogP contribution is -2.63. The smallest absolute Gasteiger partial charge is 0.268 e. The third-order valence-electron chi connectivity index (χ3n) is 7.17. The van der Waals surface area contributed by atoms with Crippen molar-refractivity contribution < 1.29 is 13.6 Å². The molecular weight excluding hydrogens is 358 g/mol. The van der Waals surface area contributed by atoms with E-state index in [1.165, 1.54) is 16.2 Å². The summed E-state index contributed by atoms with van der Waals surface area (Å²) in [6.07, 6.45) is 2.96. The third kappa shape index (κ3) is 3.65. The maximum atomic E-state index is 14.4. The second kappa shape index (κ2) is 7.00.